The molecule has 12 nitrogen and oxygen atoms in total. The second-order valence-electron chi connectivity index (χ2n) is 11.6. The molecule has 0 aromatic heterocycles. The van der Waals surface area contributed by atoms with E-state index in [0.29, 0.717) is 0 Å². The molecular formula is C30H26N6O6. The summed E-state index contributed by atoms with van der Waals surface area (Å²) in [6.07, 6.45) is 10.8. The number of non-ortho nitro benzene ring substituents is 2. The molecule has 0 saturated heterocycles. The fraction of sp³-hybridized carbons (Fsp3) is 0.333. The SMILES string of the molecule is O=C(NN=C1C2C3C=CC(C3)C2C(=NNC(=O)c2ccc([N+](=O)[O-])cc2)C2C3C=CC(C3)C12)c1ccc([N+](=O)[O-])cc1. The van der Waals surface area contributed by atoms with Crippen molar-refractivity contribution in [3.8, 4) is 0 Å². The maximum absolute atomic E-state index is 13.0. The molecule has 0 spiro atoms. The molecular weight excluding hydrogens is 540 g/mol. The predicted octanol–water partition coefficient (Wildman–Crippen LogP) is 4.27. The predicted molar refractivity (Wildman–Crippen MR) is 151 cm³/mol. The number of rotatable bonds is 6. The highest BCUT2D eigenvalue weighted by Crippen LogP contribution is 2.61. The molecule has 5 aliphatic carbocycles. The number of carbonyl (C=O) groups is 2. The van der Waals surface area contributed by atoms with E-state index in [9.17, 15) is 29.8 Å². The van der Waals surface area contributed by atoms with Crippen LogP contribution >= 0.6 is 0 Å². The summed E-state index contributed by atoms with van der Waals surface area (Å²) in [6.45, 7) is 0. The fourth-order valence-corrected chi connectivity index (χ4v) is 7.83. The van der Waals surface area contributed by atoms with Crippen molar-refractivity contribution in [2.45, 2.75) is 12.8 Å². The van der Waals surface area contributed by atoms with Gasteiger partial charge in [-0.05, 0) is 60.8 Å². The van der Waals surface area contributed by atoms with Crippen molar-refractivity contribution < 1.29 is 19.4 Å². The van der Waals surface area contributed by atoms with Crippen molar-refractivity contribution in [2.75, 3.05) is 0 Å². The Morgan fingerprint density at radius 1 is 0.595 bits per heavy atom. The van der Waals surface area contributed by atoms with Crippen LogP contribution in [0.3, 0.4) is 0 Å². The van der Waals surface area contributed by atoms with Gasteiger partial charge in [-0.25, -0.2) is 10.9 Å². The Morgan fingerprint density at radius 3 is 1.19 bits per heavy atom. The van der Waals surface area contributed by atoms with E-state index in [2.05, 4.69) is 35.2 Å². The van der Waals surface area contributed by atoms with E-state index in [1.807, 2.05) is 0 Å². The summed E-state index contributed by atoms with van der Waals surface area (Å²) in [6, 6.07) is 10.8. The molecule has 12 heteroatoms. The summed E-state index contributed by atoms with van der Waals surface area (Å²) < 4.78 is 0. The summed E-state index contributed by atoms with van der Waals surface area (Å²) in [7, 11) is 0. The maximum Gasteiger partial charge on any atom is 0.271 e. The average molecular weight is 567 g/mol. The first-order valence-electron chi connectivity index (χ1n) is 13.9. The molecule has 8 atom stereocenters. The van der Waals surface area contributed by atoms with Gasteiger partial charge in [0, 0.05) is 70.5 Å². The third kappa shape index (κ3) is 4.13. The zero-order chi connectivity index (χ0) is 29.1. The number of nitrogens with zero attached hydrogens (tertiary/aromatic N) is 4. The van der Waals surface area contributed by atoms with E-state index in [1.165, 1.54) is 48.5 Å². The second-order valence-corrected chi connectivity index (χ2v) is 11.6. The van der Waals surface area contributed by atoms with Gasteiger partial charge in [0.2, 0.25) is 0 Å². The number of nitro benzene ring substituents is 2. The first-order chi connectivity index (χ1) is 20.3. The van der Waals surface area contributed by atoms with E-state index in [4.69, 9.17) is 10.2 Å². The third-order valence-corrected chi connectivity index (χ3v) is 9.54. The summed E-state index contributed by atoms with van der Waals surface area (Å²) in [5, 5.41) is 31.5. The fourth-order valence-electron chi connectivity index (χ4n) is 7.83. The smallest absolute Gasteiger partial charge is 0.267 e. The normalized spacial score (nSPS) is 31.0. The Labute approximate surface area is 239 Å². The standard InChI is InChI=1S/C30H26N6O6/c37-29(15-5-9-21(10-6-15)35(39)40)33-31-27-23-17-1-2-18(13-17)24(23)28(26-20-4-3-19(14-20)25(26)27)32-34-30(38)16-7-11-22(12-8-16)36(41)42/h1-12,17-20,23-26H,13-14H2,(H,33,37)(H,34,38). The number of amides is 2. The summed E-state index contributed by atoms with van der Waals surface area (Å²) in [5.41, 5.74) is 7.76. The molecule has 2 aromatic carbocycles. The average Bonchev–Trinajstić information content (AvgIpc) is 3.81. The number of fused-ring (bicyclic) bond motifs is 10. The molecule has 42 heavy (non-hydrogen) atoms. The van der Waals surface area contributed by atoms with Crippen LogP contribution in [0.2, 0.25) is 0 Å². The maximum atomic E-state index is 13.0. The van der Waals surface area contributed by atoms with Gasteiger partial charge in [-0.15, -0.1) is 0 Å². The van der Waals surface area contributed by atoms with Crippen molar-refractivity contribution >= 4 is 34.6 Å². The lowest BCUT2D eigenvalue weighted by Gasteiger charge is -2.44. The Balaban J connectivity index is 1.19. The number of benzene rings is 2. The zero-order valence-electron chi connectivity index (χ0n) is 22.2. The molecule has 0 radical (unpaired) electrons. The molecule has 2 aromatic rings. The van der Waals surface area contributed by atoms with Crippen LogP contribution in [0.5, 0.6) is 0 Å². The third-order valence-electron chi connectivity index (χ3n) is 9.54. The molecule has 3 saturated carbocycles. The van der Waals surface area contributed by atoms with E-state index >= 15 is 0 Å². The lowest BCUT2D eigenvalue weighted by molar-refractivity contribution is -0.385. The van der Waals surface area contributed by atoms with Crippen LogP contribution in [-0.4, -0.2) is 33.1 Å². The minimum Gasteiger partial charge on any atom is -0.267 e. The molecule has 5 aliphatic rings. The van der Waals surface area contributed by atoms with Crippen LogP contribution in [0.1, 0.15) is 33.6 Å². The Kier molecular flexibility index (Phi) is 6.07. The quantitative estimate of drug-likeness (QED) is 0.301. The van der Waals surface area contributed by atoms with Crippen molar-refractivity contribution in [1.82, 2.24) is 10.9 Å². The number of carbonyl (C=O) groups excluding carboxylic acids is 2. The highest BCUT2D eigenvalue weighted by molar-refractivity contribution is 6.08. The van der Waals surface area contributed by atoms with Gasteiger partial charge < -0.3 is 0 Å². The highest BCUT2D eigenvalue weighted by atomic mass is 16.6. The van der Waals surface area contributed by atoms with Crippen molar-refractivity contribution in [1.29, 1.82) is 0 Å². The first-order valence-corrected chi connectivity index (χ1v) is 13.9. The van der Waals surface area contributed by atoms with Crippen LogP contribution in [-0.2, 0) is 0 Å². The minimum absolute atomic E-state index is 0.0289. The van der Waals surface area contributed by atoms with Gasteiger partial charge in [-0.1, -0.05) is 24.3 Å². The van der Waals surface area contributed by atoms with Crippen LogP contribution in [0.4, 0.5) is 11.4 Å². The van der Waals surface area contributed by atoms with Crippen LogP contribution < -0.4 is 10.9 Å². The molecule has 0 aliphatic heterocycles. The summed E-state index contributed by atoms with van der Waals surface area (Å²) in [4.78, 5) is 46.9. The van der Waals surface area contributed by atoms with Gasteiger partial charge in [0.1, 0.15) is 0 Å². The molecule has 4 bridgehead atoms. The van der Waals surface area contributed by atoms with Gasteiger partial charge >= 0.3 is 0 Å². The van der Waals surface area contributed by atoms with Crippen molar-refractivity contribution in [3.05, 3.63) is 104 Å². The molecule has 0 heterocycles. The lowest BCUT2D eigenvalue weighted by Crippen LogP contribution is -2.51. The number of nitrogens with one attached hydrogen (secondary N) is 2. The lowest BCUT2D eigenvalue weighted by atomic mass is 9.60. The van der Waals surface area contributed by atoms with Gasteiger partial charge in [-0.2, -0.15) is 10.2 Å². The second kappa shape index (κ2) is 9.82. The molecule has 8 unspecified atom stereocenters. The topological polar surface area (TPSA) is 169 Å². The van der Waals surface area contributed by atoms with Gasteiger partial charge in [0.05, 0.1) is 9.85 Å². The summed E-state index contributed by atoms with van der Waals surface area (Å²) in [5.74, 6) is 0.230. The molecule has 7 rings (SSSR count). The molecule has 2 N–H and O–H groups in total. The van der Waals surface area contributed by atoms with Crippen LogP contribution in [0.25, 0.3) is 0 Å². The zero-order valence-corrected chi connectivity index (χ0v) is 22.2. The van der Waals surface area contributed by atoms with Crippen LogP contribution in [0, 0.1) is 67.6 Å². The molecule has 212 valence electrons. The number of hydrogen-bond donors (Lipinski definition) is 2. The largest absolute Gasteiger partial charge is 0.271 e. The van der Waals surface area contributed by atoms with E-state index in [-0.39, 0.29) is 69.8 Å². The number of hydrazone groups is 2. The van der Waals surface area contributed by atoms with Gasteiger partial charge in [-0.3, -0.25) is 29.8 Å². The summed E-state index contributed by atoms with van der Waals surface area (Å²) >= 11 is 0. The van der Waals surface area contributed by atoms with Crippen LogP contribution in [0.15, 0.2) is 83.0 Å². The first kappa shape index (κ1) is 25.9. The Morgan fingerprint density at radius 2 is 0.905 bits per heavy atom. The number of hydrogen-bond acceptors (Lipinski definition) is 8. The van der Waals surface area contributed by atoms with Crippen molar-refractivity contribution in [2.24, 2.45) is 57.5 Å². The highest BCUT2D eigenvalue weighted by Gasteiger charge is 2.62. The monoisotopic (exact) mass is 566 g/mol. The Hall–Kier alpha value is -5.00. The molecule has 2 amide bonds. The van der Waals surface area contributed by atoms with Gasteiger partial charge in [0.25, 0.3) is 23.2 Å². The van der Waals surface area contributed by atoms with Gasteiger partial charge in [0.15, 0.2) is 0 Å². The number of allylic oxidation sites excluding steroid dienone is 4. The van der Waals surface area contributed by atoms with E-state index in [1.54, 1.807) is 0 Å². The van der Waals surface area contributed by atoms with E-state index in [0.717, 1.165) is 24.3 Å². The Bertz CT molecular complexity index is 1470. The molecule has 3 fully saturated rings. The number of nitro groups is 2. The van der Waals surface area contributed by atoms with E-state index < -0.39 is 21.7 Å². The minimum atomic E-state index is -0.511. The van der Waals surface area contributed by atoms with Crippen molar-refractivity contribution in [3.63, 3.8) is 0 Å².